The zero-order chi connectivity index (χ0) is 20.4. The number of hydrogen-bond acceptors (Lipinski definition) is 5. The molecule has 144 valence electrons. The van der Waals surface area contributed by atoms with E-state index in [0.29, 0.717) is 16.6 Å². The Balaban J connectivity index is 1.84. The average molecular weight is 423 g/mol. The van der Waals surface area contributed by atoms with E-state index >= 15 is 0 Å². The van der Waals surface area contributed by atoms with Crippen molar-refractivity contribution in [3.05, 3.63) is 83.3 Å². The third-order valence-corrected chi connectivity index (χ3v) is 6.22. The predicted molar refractivity (Wildman–Crippen MR) is 112 cm³/mol. The number of benzene rings is 2. The molecule has 0 saturated heterocycles. The van der Waals surface area contributed by atoms with Crippen LogP contribution in [0.1, 0.15) is 11.1 Å². The topological polar surface area (TPSA) is 88.6 Å². The van der Waals surface area contributed by atoms with Gasteiger partial charge in [-0.05, 0) is 34.9 Å². The van der Waals surface area contributed by atoms with Gasteiger partial charge in [-0.3, -0.25) is 0 Å². The Morgan fingerprint density at radius 3 is 2.52 bits per heavy atom. The first kappa shape index (κ1) is 19.1. The van der Waals surface area contributed by atoms with Crippen molar-refractivity contribution in [2.24, 2.45) is 0 Å². The highest BCUT2D eigenvalue weighted by molar-refractivity contribution is 7.89. The second kappa shape index (κ2) is 7.66. The van der Waals surface area contributed by atoms with E-state index in [1.807, 2.05) is 30.3 Å². The maximum absolute atomic E-state index is 13.0. The van der Waals surface area contributed by atoms with E-state index in [-0.39, 0.29) is 23.1 Å². The molecule has 0 aliphatic rings. The zero-order valence-corrected chi connectivity index (χ0v) is 16.7. The Hall–Kier alpha value is -3.21. The summed E-state index contributed by atoms with van der Waals surface area (Å²) in [5.74, 6) is -0.160. The molecule has 0 saturated carbocycles. The van der Waals surface area contributed by atoms with E-state index in [1.54, 1.807) is 30.3 Å². The molecule has 0 spiro atoms. The second-order valence-corrected chi connectivity index (χ2v) is 8.65. The minimum atomic E-state index is -3.70. The van der Waals surface area contributed by atoms with Crippen LogP contribution in [0, 0.1) is 11.3 Å². The Bertz CT molecular complexity index is 1340. The van der Waals surface area contributed by atoms with Gasteiger partial charge in [0, 0.05) is 17.1 Å². The van der Waals surface area contributed by atoms with E-state index in [0.717, 1.165) is 15.1 Å². The lowest BCUT2D eigenvalue weighted by Crippen LogP contribution is -2.14. The molecular formula is C21H15ClN4O2S. The summed E-state index contributed by atoms with van der Waals surface area (Å²) >= 11 is 6.13. The largest absolute Gasteiger partial charge is 0.244 e. The smallest absolute Gasteiger partial charge is 0.228 e. The average Bonchev–Trinajstić information content (AvgIpc) is 3.13. The summed E-state index contributed by atoms with van der Waals surface area (Å²) in [6, 6.07) is 20.1. The number of nitrogens with zero attached hydrogens (tertiary/aromatic N) is 4. The molecule has 0 radical (unpaired) electrons. The highest BCUT2D eigenvalue weighted by atomic mass is 35.5. The van der Waals surface area contributed by atoms with Crippen molar-refractivity contribution >= 4 is 32.7 Å². The van der Waals surface area contributed by atoms with Gasteiger partial charge < -0.3 is 0 Å². The summed E-state index contributed by atoms with van der Waals surface area (Å²) in [6.45, 7) is 0. The highest BCUT2D eigenvalue weighted by Crippen LogP contribution is 2.30. The molecule has 4 rings (SSSR count). The third kappa shape index (κ3) is 3.86. The number of nitriles is 1. The maximum Gasteiger partial charge on any atom is 0.244 e. The Morgan fingerprint density at radius 2 is 1.76 bits per heavy atom. The number of aromatic nitrogens is 3. The molecule has 0 aliphatic heterocycles. The highest BCUT2D eigenvalue weighted by Gasteiger charge is 2.21. The molecule has 0 aliphatic carbocycles. The van der Waals surface area contributed by atoms with Crippen LogP contribution in [0.2, 0.25) is 5.28 Å². The zero-order valence-electron chi connectivity index (χ0n) is 15.2. The minimum absolute atomic E-state index is 0.0481. The van der Waals surface area contributed by atoms with Gasteiger partial charge in [0.05, 0.1) is 23.9 Å². The summed E-state index contributed by atoms with van der Waals surface area (Å²) in [4.78, 5) is 8.49. The van der Waals surface area contributed by atoms with E-state index in [2.05, 4.69) is 16.0 Å². The van der Waals surface area contributed by atoms with Gasteiger partial charge in [0.1, 0.15) is 0 Å². The van der Waals surface area contributed by atoms with Crippen LogP contribution in [-0.2, 0) is 22.2 Å². The van der Waals surface area contributed by atoms with Crippen LogP contribution in [0.5, 0.6) is 0 Å². The van der Waals surface area contributed by atoms with Crippen molar-refractivity contribution in [2.75, 3.05) is 0 Å². The molecule has 2 aromatic carbocycles. The van der Waals surface area contributed by atoms with Gasteiger partial charge in [0.15, 0.2) is 5.65 Å². The normalized spacial score (nSPS) is 11.4. The van der Waals surface area contributed by atoms with Crippen molar-refractivity contribution in [2.45, 2.75) is 12.2 Å². The van der Waals surface area contributed by atoms with Crippen molar-refractivity contribution in [1.82, 2.24) is 13.9 Å². The van der Waals surface area contributed by atoms with E-state index in [4.69, 9.17) is 16.9 Å². The quantitative estimate of drug-likeness (QED) is 0.450. The van der Waals surface area contributed by atoms with Gasteiger partial charge in [-0.1, -0.05) is 48.5 Å². The lowest BCUT2D eigenvalue weighted by Gasteiger charge is -2.09. The van der Waals surface area contributed by atoms with E-state index < -0.39 is 10.0 Å². The molecular weight excluding hydrogens is 408 g/mol. The predicted octanol–water partition coefficient (Wildman–Crippen LogP) is 4.20. The first-order valence-electron chi connectivity index (χ1n) is 8.76. The molecule has 4 aromatic rings. The molecule has 0 atom stereocenters. The van der Waals surface area contributed by atoms with Gasteiger partial charge in [-0.15, -0.1) is 0 Å². The van der Waals surface area contributed by atoms with Crippen LogP contribution < -0.4 is 0 Å². The van der Waals surface area contributed by atoms with Gasteiger partial charge in [-0.2, -0.15) is 10.2 Å². The van der Waals surface area contributed by atoms with Crippen molar-refractivity contribution < 1.29 is 8.42 Å². The second-order valence-electron chi connectivity index (χ2n) is 6.47. The summed E-state index contributed by atoms with van der Waals surface area (Å²) in [7, 11) is -3.70. The van der Waals surface area contributed by atoms with Crippen LogP contribution >= 0.6 is 11.6 Å². The molecule has 0 bridgehead atoms. The van der Waals surface area contributed by atoms with Crippen molar-refractivity contribution in [3.63, 3.8) is 0 Å². The lowest BCUT2D eigenvalue weighted by molar-refractivity contribution is 0.588. The molecule has 0 amide bonds. The minimum Gasteiger partial charge on any atom is -0.228 e. The van der Waals surface area contributed by atoms with Crippen LogP contribution in [0.3, 0.4) is 0 Å². The summed E-state index contributed by atoms with van der Waals surface area (Å²) in [6.07, 6.45) is 1.73. The summed E-state index contributed by atoms with van der Waals surface area (Å²) in [5.41, 5.74) is 3.00. The fourth-order valence-electron chi connectivity index (χ4n) is 3.18. The molecule has 0 fully saturated rings. The SMILES string of the molecule is N#CCc1cccc(-c2nc(Cl)nc3c2ccn3S(=O)(=O)Cc2ccccc2)c1. The lowest BCUT2D eigenvalue weighted by atomic mass is 10.0. The van der Waals surface area contributed by atoms with E-state index in [9.17, 15) is 8.42 Å². The van der Waals surface area contributed by atoms with Crippen LogP contribution in [0.4, 0.5) is 0 Å². The van der Waals surface area contributed by atoms with Crippen LogP contribution in [0.25, 0.3) is 22.3 Å². The number of halogens is 1. The molecule has 0 unspecified atom stereocenters. The molecule has 0 N–H and O–H groups in total. The fourth-order valence-corrected chi connectivity index (χ4v) is 4.75. The molecule has 2 heterocycles. The van der Waals surface area contributed by atoms with Gasteiger partial charge in [0.2, 0.25) is 15.3 Å². The van der Waals surface area contributed by atoms with Gasteiger partial charge in [-0.25, -0.2) is 17.4 Å². The Labute approximate surface area is 173 Å². The number of fused-ring (bicyclic) bond motifs is 1. The van der Waals surface area contributed by atoms with Crippen LogP contribution in [0.15, 0.2) is 66.9 Å². The van der Waals surface area contributed by atoms with Crippen LogP contribution in [-0.4, -0.2) is 22.4 Å². The monoisotopic (exact) mass is 422 g/mol. The van der Waals surface area contributed by atoms with E-state index in [1.165, 1.54) is 6.20 Å². The standard InChI is InChI=1S/C21H15ClN4O2S/c22-21-24-19(17-8-4-7-15(13-17)9-11-23)18-10-12-26(20(18)25-21)29(27,28)14-16-5-2-1-3-6-16/h1-8,10,12-13H,9,14H2. The Morgan fingerprint density at radius 1 is 1.00 bits per heavy atom. The molecule has 2 aromatic heterocycles. The first-order chi connectivity index (χ1) is 14.0. The van der Waals surface area contributed by atoms with Gasteiger partial charge in [0.25, 0.3) is 0 Å². The number of rotatable bonds is 5. The molecule has 6 nitrogen and oxygen atoms in total. The number of hydrogen-bond donors (Lipinski definition) is 0. The van der Waals surface area contributed by atoms with Gasteiger partial charge >= 0.3 is 0 Å². The summed E-state index contributed by atoms with van der Waals surface area (Å²) in [5, 5.41) is 9.47. The third-order valence-electron chi connectivity index (χ3n) is 4.46. The Kier molecular flexibility index (Phi) is 5.05. The summed E-state index contributed by atoms with van der Waals surface area (Å²) < 4.78 is 27.1. The first-order valence-corrected chi connectivity index (χ1v) is 10.7. The molecule has 8 heteroatoms. The maximum atomic E-state index is 13.0. The van der Waals surface area contributed by atoms with Crippen molar-refractivity contribution in [1.29, 1.82) is 5.26 Å². The molecule has 29 heavy (non-hydrogen) atoms. The van der Waals surface area contributed by atoms with Crippen molar-refractivity contribution in [3.8, 4) is 17.3 Å². The fraction of sp³-hybridized carbons (Fsp3) is 0.0952.